The molecule has 5 heteroatoms. The summed E-state index contributed by atoms with van der Waals surface area (Å²) in [5.41, 5.74) is -0.874. The molecule has 5 nitrogen and oxygen atoms in total. The van der Waals surface area contributed by atoms with Gasteiger partial charge in [-0.3, -0.25) is 9.69 Å². The van der Waals surface area contributed by atoms with Gasteiger partial charge >= 0.3 is 0 Å². The average molecular weight is 415 g/mol. The Hall–Kier alpha value is -1.33. The van der Waals surface area contributed by atoms with E-state index in [-0.39, 0.29) is 12.1 Å². The molecule has 0 unspecified atom stereocenters. The van der Waals surface area contributed by atoms with Crippen LogP contribution in [0.1, 0.15) is 95.7 Å². The fourth-order valence-electron chi connectivity index (χ4n) is 6.98. The largest absolute Gasteiger partial charge is 0.466 e. The van der Waals surface area contributed by atoms with Crippen LogP contribution in [0.3, 0.4) is 0 Å². The van der Waals surface area contributed by atoms with Crippen molar-refractivity contribution in [2.24, 2.45) is 0 Å². The van der Waals surface area contributed by atoms with E-state index in [0.717, 1.165) is 12.8 Å². The van der Waals surface area contributed by atoms with Gasteiger partial charge in [0, 0.05) is 24.2 Å². The summed E-state index contributed by atoms with van der Waals surface area (Å²) in [7, 11) is 0. The molecule has 5 rings (SSSR count). The molecule has 0 aromatic carbocycles. The van der Waals surface area contributed by atoms with E-state index in [1.54, 1.807) is 6.26 Å². The molecule has 166 valence electrons. The monoisotopic (exact) mass is 414 g/mol. The number of hydrogen-bond donors (Lipinski definition) is 1. The first-order valence-corrected chi connectivity index (χ1v) is 12.5. The Balaban J connectivity index is 1.29. The minimum Gasteiger partial charge on any atom is -0.466 e. The first-order chi connectivity index (χ1) is 14.6. The van der Waals surface area contributed by atoms with Crippen molar-refractivity contribution in [3.05, 3.63) is 24.2 Å². The average Bonchev–Trinajstić information content (AvgIpc) is 3.39. The Morgan fingerprint density at radius 2 is 1.53 bits per heavy atom. The van der Waals surface area contributed by atoms with Crippen molar-refractivity contribution in [3.63, 3.8) is 0 Å². The summed E-state index contributed by atoms with van der Waals surface area (Å²) in [5.74, 6) is 1.05. The van der Waals surface area contributed by atoms with E-state index in [1.807, 2.05) is 12.1 Å². The van der Waals surface area contributed by atoms with Gasteiger partial charge in [-0.15, -0.1) is 0 Å². The zero-order valence-corrected chi connectivity index (χ0v) is 18.3. The fourth-order valence-corrected chi connectivity index (χ4v) is 6.98. The summed E-state index contributed by atoms with van der Waals surface area (Å²) in [6.45, 7) is 0.538. The van der Waals surface area contributed by atoms with Gasteiger partial charge in [0.1, 0.15) is 11.4 Å². The van der Waals surface area contributed by atoms with Crippen LogP contribution in [0.4, 0.5) is 0 Å². The van der Waals surface area contributed by atoms with Gasteiger partial charge in [0.15, 0.2) is 0 Å². The molecule has 3 heterocycles. The molecule has 1 aromatic heterocycles. The van der Waals surface area contributed by atoms with Crippen LogP contribution in [0.5, 0.6) is 0 Å². The summed E-state index contributed by atoms with van der Waals surface area (Å²) in [5, 5.41) is 11.3. The topological polar surface area (TPSA) is 56.9 Å². The van der Waals surface area contributed by atoms with E-state index >= 15 is 0 Å². The van der Waals surface area contributed by atoms with Gasteiger partial charge in [-0.05, 0) is 63.5 Å². The molecule has 4 aliphatic rings. The third kappa shape index (κ3) is 3.95. The van der Waals surface area contributed by atoms with Crippen molar-refractivity contribution >= 4 is 5.91 Å². The number of aliphatic hydroxyl groups is 1. The standard InChI is InChI=1S/C25H38N2O3/c28-24(27(19-8-3-1-4-9-19)20-10-5-2-6-11-20)18-26-21-13-14-22(26)17-25(29,16-21)23-12-7-15-30-23/h7,12,15,19-22,29H,1-6,8-11,13-14,16-18H2/t21-,22-/m0/s1. The Kier molecular flexibility index (Phi) is 5.94. The molecule has 4 fully saturated rings. The lowest BCUT2D eigenvalue weighted by Crippen LogP contribution is -2.56. The summed E-state index contributed by atoms with van der Waals surface area (Å²) >= 11 is 0. The molecule has 2 aliphatic heterocycles. The first kappa shape index (κ1) is 20.6. The minimum absolute atomic E-state index is 0.280. The van der Waals surface area contributed by atoms with Gasteiger partial charge in [-0.2, -0.15) is 0 Å². The number of nitrogens with zero attached hydrogens (tertiary/aromatic N) is 2. The SMILES string of the molecule is O=C(CN1[C@H]2CC[C@H]1CC(O)(c1ccco1)C2)N(C1CCCCC1)C1CCCCC1. The lowest BCUT2D eigenvalue weighted by Gasteiger charge is -2.46. The molecule has 1 amide bonds. The molecule has 2 aliphatic carbocycles. The quantitative estimate of drug-likeness (QED) is 0.766. The van der Waals surface area contributed by atoms with Crippen molar-refractivity contribution < 1.29 is 14.3 Å². The zero-order chi connectivity index (χ0) is 20.6. The van der Waals surface area contributed by atoms with Crippen molar-refractivity contribution in [3.8, 4) is 0 Å². The van der Waals surface area contributed by atoms with Crippen LogP contribution in [0.2, 0.25) is 0 Å². The van der Waals surface area contributed by atoms with Crippen LogP contribution < -0.4 is 0 Å². The highest BCUT2D eigenvalue weighted by Gasteiger charge is 2.50. The van der Waals surface area contributed by atoms with Crippen LogP contribution in [0.15, 0.2) is 22.8 Å². The van der Waals surface area contributed by atoms with E-state index in [9.17, 15) is 9.90 Å². The van der Waals surface area contributed by atoms with Crippen LogP contribution in [-0.4, -0.2) is 51.5 Å². The normalized spacial score (nSPS) is 33.6. The number of piperidine rings is 1. The third-order valence-corrected chi connectivity index (χ3v) is 8.44. The van der Waals surface area contributed by atoms with Crippen LogP contribution in [0, 0.1) is 0 Å². The fraction of sp³-hybridized carbons (Fsp3) is 0.800. The van der Waals surface area contributed by atoms with Gasteiger partial charge in [0.2, 0.25) is 5.91 Å². The van der Waals surface area contributed by atoms with E-state index in [4.69, 9.17) is 4.42 Å². The van der Waals surface area contributed by atoms with Gasteiger partial charge in [-0.25, -0.2) is 0 Å². The molecular weight excluding hydrogens is 376 g/mol. The highest BCUT2D eigenvalue weighted by Crippen LogP contribution is 2.46. The number of hydrogen-bond acceptors (Lipinski definition) is 4. The maximum atomic E-state index is 13.7. The van der Waals surface area contributed by atoms with Crippen molar-refractivity contribution in [2.45, 2.75) is 120 Å². The molecule has 1 aromatic rings. The third-order valence-electron chi connectivity index (χ3n) is 8.44. The van der Waals surface area contributed by atoms with Gasteiger partial charge in [0.25, 0.3) is 0 Å². The maximum absolute atomic E-state index is 13.7. The Bertz CT molecular complexity index is 674. The number of amides is 1. The molecular formula is C25H38N2O3. The molecule has 0 spiro atoms. The van der Waals surface area contributed by atoms with Gasteiger partial charge in [-0.1, -0.05) is 38.5 Å². The van der Waals surface area contributed by atoms with Gasteiger partial charge in [0.05, 0.1) is 12.8 Å². The van der Waals surface area contributed by atoms with Crippen molar-refractivity contribution in [1.82, 2.24) is 9.80 Å². The van der Waals surface area contributed by atoms with Crippen molar-refractivity contribution in [1.29, 1.82) is 0 Å². The van der Waals surface area contributed by atoms with Crippen LogP contribution in [0.25, 0.3) is 0 Å². The minimum atomic E-state index is -0.874. The lowest BCUT2D eigenvalue weighted by molar-refractivity contribution is -0.143. The second-order valence-electron chi connectivity index (χ2n) is 10.4. The Morgan fingerprint density at radius 3 is 2.03 bits per heavy atom. The summed E-state index contributed by atoms with van der Waals surface area (Å²) in [6.07, 6.45) is 17.6. The maximum Gasteiger partial charge on any atom is 0.237 e. The Morgan fingerprint density at radius 1 is 0.967 bits per heavy atom. The van der Waals surface area contributed by atoms with E-state index in [1.165, 1.54) is 64.2 Å². The highest BCUT2D eigenvalue weighted by molar-refractivity contribution is 5.79. The smallest absolute Gasteiger partial charge is 0.237 e. The number of carbonyl (C=O) groups excluding carboxylic acids is 1. The predicted octanol–water partition coefficient (Wildman–Crippen LogP) is 4.59. The summed E-state index contributed by atoms with van der Waals surface area (Å²) < 4.78 is 5.57. The number of furan rings is 1. The van der Waals surface area contributed by atoms with Gasteiger partial charge < -0.3 is 14.4 Å². The molecule has 1 N–H and O–H groups in total. The zero-order valence-electron chi connectivity index (χ0n) is 18.3. The first-order valence-electron chi connectivity index (χ1n) is 12.5. The molecule has 30 heavy (non-hydrogen) atoms. The highest BCUT2D eigenvalue weighted by atomic mass is 16.4. The van der Waals surface area contributed by atoms with Crippen LogP contribution >= 0.6 is 0 Å². The molecule has 2 saturated carbocycles. The lowest BCUT2D eigenvalue weighted by atomic mass is 9.84. The second kappa shape index (κ2) is 8.66. The van der Waals surface area contributed by atoms with E-state index in [0.29, 0.717) is 43.1 Å². The van der Waals surface area contributed by atoms with E-state index < -0.39 is 5.60 Å². The molecule has 0 radical (unpaired) electrons. The summed E-state index contributed by atoms with van der Waals surface area (Å²) in [6, 6.07) is 5.23. The predicted molar refractivity (Wildman–Crippen MR) is 116 cm³/mol. The molecule has 2 atom stereocenters. The number of fused-ring (bicyclic) bond motifs is 2. The second-order valence-corrected chi connectivity index (χ2v) is 10.4. The molecule has 2 bridgehead atoms. The summed E-state index contributed by atoms with van der Waals surface area (Å²) in [4.78, 5) is 18.5. The van der Waals surface area contributed by atoms with E-state index in [2.05, 4.69) is 9.80 Å². The van der Waals surface area contributed by atoms with Crippen LogP contribution in [-0.2, 0) is 10.4 Å². The number of rotatable bonds is 5. The number of carbonyl (C=O) groups is 1. The Labute approximate surface area is 180 Å². The van der Waals surface area contributed by atoms with Crippen molar-refractivity contribution in [2.75, 3.05) is 6.54 Å². The molecule has 2 saturated heterocycles.